The van der Waals surface area contributed by atoms with Crippen LogP contribution < -0.4 is 5.73 Å². The first-order valence-electron chi connectivity index (χ1n) is 6.64. The smallest absolute Gasteiger partial charge is 0.0673 e. The standard InChI is InChI=1S/C14H23N3/c1-3-17-9-5-4-6-12(15)14(17)13-8-7-11(2)10-16-13/h7-8,10,12,14H,3-6,9,15H2,1-2H3. The molecule has 2 unspecified atom stereocenters. The van der Waals surface area contributed by atoms with Gasteiger partial charge in [-0.2, -0.15) is 0 Å². The number of aryl methyl sites for hydroxylation is 1. The maximum Gasteiger partial charge on any atom is 0.0673 e. The molecule has 1 saturated heterocycles. The minimum absolute atomic E-state index is 0.215. The Morgan fingerprint density at radius 3 is 2.88 bits per heavy atom. The van der Waals surface area contributed by atoms with Crippen LogP contribution in [-0.2, 0) is 0 Å². The van der Waals surface area contributed by atoms with E-state index in [-0.39, 0.29) is 6.04 Å². The summed E-state index contributed by atoms with van der Waals surface area (Å²) < 4.78 is 0. The maximum atomic E-state index is 6.33. The van der Waals surface area contributed by atoms with Crippen LogP contribution in [0.1, 0.15) is 43.5 Å². The Labute approximate surface area is 104 Å². The molecular weight excluding hydrogens is 210 g/mol. The SMILES string of the molecule is CCN1CCCCC(N)C1c1ccc(C)cn1. The Balaban J connectivity index is 2.26. The quantitative estimate of drug-likeness (QED) is 0.852. The van der Waals surface area contributed by atoms with E-state index in [4.69, 9.17) is 5.73 Å². The highest BCUT2D eigenvalue weighted by Crippen LogP contribution is 2.27. The highest BCUT2D eigenvalue weighted by atomic mass is 15.2. The van der Waals surface area contributed by atoms with E-state index in [9.17, 15) is 0 Å². The normalized spacial score (nSPS) is 26.8. The molecule has 0 saturated carbocycles. The summed E-state index contributed by atoms with van der Waals surface area (Å²) in [7, 11) is 0. The van der Waals surface area contributed by atoms with Gasteiger partial charge in [0, 0.05) is 12.2 Å². The van der Waals surface area contributed by atoms with Crippen LogP contribution in [0, 0.1) is 6.92 Å². The zero-order valence-corrected chi connectivity index (χ0v) is 10.9. The Hall–Kier alpha value is -0.930. The number of rotatable bonds is 2. The second-order valence-electron chi connectivity index (χ2n) is 4.99. The van der Waals surface area contributed by atoms with Gasteiger partial charge in [-0.25, -0.2) is 0 Å². The van der Waals surface area contributed by atoms with Crippen molar-refractivity contribution < 1.29 is 0 Å². The number of likely N-dealkylation sites (N-methyl/N-ethyl adjacent to an activating group) is 1. The molecular formula is C14H23N3. The van der Waals surface area contributed by atoms with Crippen molar-refractivity contribution in [1.29, 1.82) is 0 Å². The van der Waals surface area contributed by atoms with Gasteiger partial charge >= 0.3 is 0 Å². The molecule has 0 aromatic carbocycles. The van der Waals surface area contributed by atoms with Crippen molar-refractivity contribution in [3.05, 3.63) is 29.6 Å². The number of aromatic nitrogens is 1. The topological polar surface area (TPSA) is 42.1 Å². The number of nitrogens with two attached hydrogens (primary N) is 1. The fraction of sp³-hybridized carbons (Fsp3) is 0.643. The molecule has 94 valence electrons. The first kappa shape index (κ1) is 12.5. The Morgan fingerprint density at radius 1 is 1.41 bits per heavy atom. The number of hydrogen-bond donors (Lipinski definition) is 1. The molecule has 1 aliphatic heterocycles. The Kier molecular flexibility index (Phi) is 4.13. The molecule has 0 spiro atoms. The van der Waals surface area contributed by atoms with Gasteiger partial charge in [-0.05, 0) is 44.5 Å². The fourth-order valence-corrected chi connectivity index (χ4v) is 2.68. The van der Waals surface area contributed by atoms with Gasteiger partial charge in [0.05, 0.1) is 11.7 Å². The third kappa shape index (κ3) is 2.85. The van der Waals surface area contributed by atoms with Gasteiger partial charge in [0.1, 0.15) is 0 Å². The average Bonchev–Trinajstić information content (AvgIpc) is 2.52. The summed E-state index contributed by atoms with van der Waals surface area (Å²) in [6.07, 6.45) is 5.54. The van der Waals surface area contributed by atoms with Crippen molar-refractivity contribution in [2.24, 2.45) is 5.73 Å². The lowest BCUT2D eigenvalue weighted by atomic mass is 10.00. The summed E-state index contributed by atoms with van der Waals surface area (Å²) in [4.78, 5) is 7.04. The van der Waals surface area contributed by atoms with Crippen LogP contribution in [0.4, 0.5) is 0 Å². The van der Waals surface area contributed by atoms with E-state index in [1.54, 1.807) is 0 Å². The van der Waals surface area contributed by atoms with Gasteiger partial charge < -0.3 is 5.73 Å². The molecule has 1 aliphatic rings. The second kappa shape index (κ2) is 5.61. The van der Waals surface area contributed by atoms with Crippen LogP contribution in [0.15, 0.2) is 18.3 Å². The van der Waals surface area contributed by atoms with E-state index < -0.39 is 0 Å². The van der Waals surface area contributed by atoms with Crippen molar-refractivity contribution in [2.75, 3.05) is 13.1 Å². The van der Waals surface area contributed by atoms with Crippen molar-refractivity contribution in [2.45, 2.75) is 45.2 Å². The van der Waals surface area contributed by atoms with E-state index in [2.05, 4.69) is 35.9 Å². The van der Waals surface area contributed by atoms with Gasteiger partial charge in [-0.1, -0.05) is 19.4 Å². The van der Waals surface area contributed by atoms with Crippen LogP contribution in [0.25, 0.3) is 0 Å². The summed E-state index contributed by atoms with van der Waals surface area (Å²) in [5, 5.41) is 0. The maximum absolute atomic E-state index is 6.33. The van der Waals surface area contributed by atoms with Gasteiger partial charge in [-0.3, -0.25) is 9.88 Å². The molecule has 0 aliphatic carbocycles. The number of likely N-dealkylation sites (tertiary alicyclic amines) is 1. The molecule has 2 heterocycles. The molecule has 17 heavy (non-hydrogen) atoms. The van der Waals surface area contributed by atoms with Gasteiger partial charge in [0.15, 0.2) is 0 Å². The first-order valence-corrected chi connectivity index (χ1v) is 6.64. The number of pyridine rings is 1. The lowest BCUT2D eigenvalue weighted by Gasteiger charge is -2.32. The van der Waals surface area contributed by atoms with Crippen LogP contribution in [0.5, 0.6) is 0 Å². The lowest BCUT2D eigenvalue weighted by molar-refractivity contribution is 0.191. The van der Waals surface area contributed by atoms with Crippen LogP contribution in [0.3, 0.4) is 0 Å². The van der Waals surface area contributed by atoms with Crippen molar-refractivity contribution in [1.82, 2.24) is 9.88 Å². The van der Waals surface area contributed by atoms with Gasteiger partial charge in [0.2, 0.25) is 0 Å². The lowest BCUT2D eigenvalue weighted by Crippen LogP contribution is -2.40. The summed E-state index contributed by atoms with van der Waals surface area (Å²) in [5.74, 6) is 0. The monoisotopic (exact) mass is 233 g/mol. The molecule has 1 fully saturated rings. The van der Waals surface area contributed by atoms with Gasteiger partial charge in [0.25, 0.3) is 0 Å². The highest BCUT2D eigenvalue weighted by Gasteiger charge is 2.28. The van der Waals surface area contributed by atoms with Crippen LogP contribution in [0.2, 0.25) is 0 Å². The minimum Gasteiger partial charge on any atom is -0.326 e. The predicted octanol–water partition coefficient (Wildman–Crippen LogP) is 2.26. The zero-order valence-electron chi connectivity index (χ0n) is 10.9. The first-order chi connectivity index (χ1) is 8.22. The van der Waals surface area contributed by atoms with E-state index in [0.717, 1.165) is 25.2 Å². The third-order valence-corrected chi connectivity index (χ3v) is 3.68. The summed E-state index contributed by atoms with van der Waals surface area (Å²) in [5.41, 5.74) is 8.67. The molecule has 0 bridgehead atoms. The van der Waals surface area contributed by atoms with E-state index in [1.807, 2.05) is 6.20 Å². The van der Waals surface area contributed by atoms with Crippen molar-refractivity contribution in [3.63, 3.8) is 0 Å². The number of hydrogen-bond acceptors (Lipinski definition) is 3. The molecule has 1 aromatic rings. The molecule has 1 aromatic heterocycles. The summed E-state index contributed by atoms with van der Waals surface area (Å²) in [6, 6.07) is 4.78. The van der Waals surface area contributed by atoms with Gasteiger partial charge in [-0.15, -0.1) is 0 Å². The average molecular weight is 233 g/mol. The van der Waals surface area contributed by atoms with Crippen molar-refractivity contribution in [3.8, 4) is 0 Å². The Bertz CT molecular complexity index is 347. The highest BCUT2D eigenvalue weighted by molar-refractivity contribution is 5.17. The molecule has 2 rings (SSSR count). The molecule has 2 atom stereocenters. The Morgan fingerprint density at radius 2 is 2.24 bits per heavy atom. The van der Waals surface area contributed by atoms with E-state index in [1.165, 1.54) is 18.4 Å². The van der Waals surface area contributed by atoms with E-state index >= 15 is 0 Å². The molecule has 3 nitrogen and oxygen atoms in total. The van der Waals surface area contributed by atoms with Crippen LogP contribution >= 0.6 is 0 Å². The predicted molar refractivity (Wildman–Crippen MR) is 70.8 cm³/mol. The molecule has 2 N–H and O–H groups in total. The van der Waals surface area contributed by atoms with Crippen molar-refractivity contribution >= 4 is 0 Å². The summed E-state index contributed by atoms with van der Waals surface area (Å²) >= 11 is 0. The zero-order chi connectivity index (χ0) is 12.3. The second-order valence-corrected chi connectivity index (χ2v) is 4.99. The van der Waals surface area contributed by atoms with Crippen LogP contribution in [-0.4, -0.2) is 29.0 Å². The molecule has 0 amide bonds. The largest absolute Gasteiger partial charge is 0.326 e. The molecule has 0 radical (unpaired) electrons. The third-order valence-electron chi connectivity index (χ3n) is 3.68. The number of nitrogens with zero attached hydrogens (tertiary/aromatic N) is 2. The minimum atomic E-state index is 0.215. The molecule has 3 heteroatoms. The fourth-order valence-electron chi connectivity index (χ4n) is 2.68. The summed E-state index contributed by atoms with van der Waals surface area (Å²) in [6.45, 7) is 6.47. The van der Waals surface area contributed by atoms with E-state index in [0.29, 0.717) is 6.04 Å².